The van der Waals surface area contributed by atoms with E-state index in [-0.39, 0.29) is 11.6 Å². The maximum Gasteiger partial charge on any atom is 0.335 e. The lowest BCUT2D eigenvalue weighted by Gasteiger charge is -2.12. The minimum absolute atomic E-state index is 0.233. The number of hydrogen-bond donors (Lipinski definition) is 3. The molecule has 0 radical (unpaired) electrons. The van der Waals surface area contributed by atoms with Gasteiger partial charge >= 0.3 is 5.97 Å². The normalized spacial score (nSPS) is 12.4. The van der Waals surface area contributed by atoms with Crippen LogP contribution < -0.4 is 5.73 Å². The molecule has 4 N–H and O–H groups in total. The fourth-order valence-electron chi connectivity index (χ4n) is 2.56. The van der Waals surface area contributed by atoms with Gasteiger partial charge in [0.1, 0.15) is 0 Å². The first-order valence-corrected chi connectivity index (χ1v) is 6.79. The van der Waals surface area contributed by atoms with Crippen LogP contribution in [-0.4, -0.2) is 16.1 Å². The molecule has 1 unspecified atom stereocenters. The van der Waals surface area contributed by atoms with Crippen LogP contribution in [0.15, 0.2) is 54.7 Å². The molecule has 0 saturated heterocycles. The molecule has 4 nitrogen and oxygen atoms in total. The lowest BCUT2D eigenvalue weighted by atomic mass is 9.98. The van der Waals surface area contributed by atoms with E-state index in [4.69, 9.17) is 10.8 Å². The number of aromatic nitrogens is 1. The smallest absolute Gasteiger partial charge is 0.335 e. The summed E-state index contributed by atoms with van der Waals surface area (Å²) in [6, 6.07) is 14.6. The number of fused-ring (bicyclic) bond motifs is 1. The standard InChI is InChI=1S/C17H16N2O2/c18-15(11-4-3-5-12(8-11)17(20)21)9-13-10-19-16-7-2-1-6-14(13)16/h1-8,10,15,19H,9,18H2,(H,20,21). The summed E-state index contributed by atoms with van der Waals surface area (Å²) in [5.41, 5.74) is 9.56. The summed E-state index contributed by atoms with van der Waals surface area (Å²) in [6.45, 7) is 0. The van der Waals surface area contributed by atoms with Crippen LogP contribution in [0.1, 0.15) is 27.5 Å². The Labute approximate surface area is 122 Å². The number of aromatic carboxylic acids is 1. The zero-order valence-electron chi connectivity index (χ0n) is 11.4. The Morgan fingerprint density at radius 3 is 2.81 bits per heavy atom. The number of carboxylic acids is 1. The van der Waals surface area contributed by atoms with Gasteiger partial charge in [0.25, 0.3) is 0 Å². The molecular formula is C17H16N2O2. The molecule has 0 spiro atoms. The van der Waals surface area contributed by atoms with E-state index in [1.807, 2.05) is 30.5 Å². The lowest BCUT2D eigenvalue weighted by molar-refractivity contribution is 0.0696. The van der Waals surface area contributed by atoms with Crippen molar-refractivity contribution < 1.29 is 9.90 Å². The third kappa shape index (κ3) is 2.66. The summed E-state index contributed by atoms with van der Waals surface area (Å²) >= 11 is 0. The monoisotopic (exact) mass is 280 g/mol. The summed E-state index contributed by atoms with van der Waals surface area (Å²) in [4.78, 5) is 14.2. The van der Waals surface area contributed by atoms with Gasteiger partial charge < -0.3 is 15.8 Å². The van der Waals surface area contributed by atoms with Gasteiger partial charge in [-0.05, 0) is 35.7 Å². The van der Waals surface area contributed by atoms with Crippen LogP contribution in [0.2, 0.25) is 0 Å². The average Bonchev–Trinajstić information content (AvgIpc) is 2.91. The molecule has 106 valence electrons. The van der Waals surface area contributed by atoms with Gasteiger partial charge in [0, 0.05) is 23.1 Å². The number of H-pyrrole nitrogens is 1. The van der Waals surface area contributed by atoms with Gasteiger partial charge in [-0.25, -0.2) is 4.79 Å². The van der Waals surface area contributed by atoms with Crippen molar-refractivity contribution >= 4 is 16.9 Å². The second-order valence-corrected chi connectivity index (χ2v) is 5.10. The number of carbonyl (C=O) groups is 1. The SMILES string of the molecule is NC(Cc1c[nH]c2ccccc12)c1cccc(C(=O)O)c1. The number of rotatable bonds is 4. The van der Waals surface area contributed by atoms with Gasteiger partial charge in [0.05, 0.1) is 5.56 Å². The molecule has 4 heteroatoms. The molecule has 0 bridgehead atoms. The van der Waals surface area contributed by atoms with Crippen molar-refractivity contribution in [1.29, 1.82) is 0 Å². The number of nitrogens with two attached hydrogens (primary N) is 1. The number of carboxylic acid groups (broad SMARTS) is 1. The van der Waals surface area contributed by atoms with Gasteiger partial charge in [0.15, 0.2) is 0 Å². The van der Waals surface area contributed by atoms with Crippen molar-refractivity contribution in [2.45, 2.75) is 12.5 Å². The van der Waals surface area contributed by atoms with E-state index in [1.165, 1.54) is 0 Å². The molecule has 3 rings (SSSR count). The van der Waals surface area contributed by atoms with Crippen molar-refractivity contribution in [2.75, 3.05) is 0 Å². The highest BCUT2D eigenvalue weighted by atomic mass is 16.4. The molecule has 1 heterocycles. The molecule has 21 heavy (non-hydrogen) atoms. The highest BCUT2D eigenvalue weighted by Crippen LogP contribution is 2.23. The molecule has 0 fully saturated rings. The van der Waals surface area contributed by atoms with Gasteiger partial charge in [-0.2, -0.15) is 0 Å². The number of nitrogens with one attached hydrogen (secondary N) is 1. The molecule has 0 aliphatic rings. The first-order chi connectivity index (χ1) is 10.1. The van der Waals surface area contributed by atoms with Crippen LogP contribution in [0.25, 0.3) is 10.9 Å². The Morgan fingerprint density at radius 1 is 1.19 bits per heavy atom. The van der Waals surface area contributed by atoms with Gasteiger partial charge in [-0.3, -0.25) is 0 Å². The van der Waals surface area contributed by atoms with Crippen molar-refractivity contribution in [3.63, 3.8) is 0 Å². The Morgan fingerprint density at radius 2 is 2.00 bits per heavy atom. The molecule has 3 aromatic rings. The van der Waals surface area contributed by atoms with E-state index >= 15 is 0 Å². The molecular weight excluding hydrogens is 264 g/mol. The van der Waals surface area contributed by atoms with Crippen molar-refractivity contribution in [3.05, 3.63) is 71.4 Å². The molecule has 0 amide bonds. The maximum atomic E-state index is 11.0. The Bertz CT molecular complexity index is 792. The van der Waals surface area contributed by atoms with E-state index in [9.17, 15) is 4.79 Å². The number of hydrogen-bond acceptors (Lipinski definition) is 2. The number of para-hydroxylation sites is 1. The lowest BCUT2D eigenvalue weighted by Crippen LogP contribution is -2.14. The second-order valence-electron chi connectivity index (χ2n) is 5.10. The van der Waals surface area contributed by atoms with Crippen LogP contribution in [-0.2, 0) is 6.42 Å². The maximum absolute atomic E-state index is 11.0. The largest absolute Gasteiger partial charge is 0.478 e. The van der Waals surface area contributed by atoms with Crippen molar-refractivity contribution in [3.8, 4) is 0 Å². The average molecular weight is 280 g/mol. The Balaban J connectivity index is 1.87. The summed E-state index contributed by atoms with van der Waals surface area (Å²) in [5.74, 6) is -0.934. The third-order valence-electron chi connectivity index (χ3n) is 3.68. The van der Waals surface area contributed by atoms with Crippen LogP contribution in [0.3, 0.4) is 0 Å². The molecule has 1 aromatic heterocycles. The topological polar surface area (TPSA) is 79.1 Å². The Kier molecular flexibility index (Phi) is 3.46. The molecule has 1 atom stereocenters. The van der Waals surface area contributed by atoms with Gasteiger partial charge in [-0.15, -0.1) is 0 Å². The zero-order valence-corrected chi connectivity index (χ0v) is 11.4. The van der Waals surface area contributed by atoms with Gasteiger partial charge in [-0.1, -0.05) is 30.3 Å². The van der Waals surface area contributed by atoms with E-state index in [0.29, 0.717) is 6.42 Å². The van der Waals surface area contributed by atoms with Crippen molar-refractivity contribution in [2.24, 2.45) is 5.73 Å². The summed E-state index contributed by atoms with van der Waals surface area (Å²) in [6.07, 6.45) is 2.62. The fourth-order valence-corrected chi connectivity index (χ4v) is 2.56. The van der Waals surface area contributed by atoms with Crippen LogP contribution in [0.4, 0.5) is 0 Å². The first-order valence-electron chi connectivity index (χ1n) is 6.79. The summed E-state index contributed by atoms with van der Waals surface area (Å²) < 4.78 is 0. The predicted octanol–water partition coefficient (Wildman–Crippen LogP) is 3.11. The third-order valence-corrected chi connectivity index (χ3v) is 3.68. The van der Waals surface area contributed by atoms with E-state index in [1.54, 1.807) is 18.2 Å². The highest BCUT2D eigenvalue weighted by Gasteiger charge is 2.12. The summed E-state index contributed by atoms with van der Waals surface area (Å²) in [5, 5.41) is 10.2. The first kappa shape index (κ1) is 13.4. The van der Waals surface area contributed by atoms with Gasteiger partial charge in [0.2, 0.25) is 0 Å². The zero-order chi connectivity index (χ0) is 14.8. The molecule has 0 aliphatic carbocycles. The Hall–Kier alpha value is -2.59. The fraction of sp³-hybridized carbons (Fsp3) is 0.118. The molecule has 0 aliphatic heterocycles. The summed E-state index contributed by atoms with van der Waals surface area (Å²) in [7, 11) is 0. The number of aromatic amines is 1. The van der Waals surface area contributed by atoms with Crippen molar-refractivity contribution in [1.82, 2.24) is 4.98 Å². The predicted molar refractivity (Wildman–Crippen MR) is 82.3 cm³/mol. The van der Waals surface area contributed by atoms with E-state index in [2.05, 4.69) is 11.1 Å². The number of benzene rings is 2. The molecule has 2 aromatic carbocycles. The second kappa shape index (κ2) is 5.42. The molecule has 0 saturated carbocycles. The minimum Gasteiger partial charge on any atom is -0.478 e. The minimum atomic E-state index is -0.934. The van der Waals surface area contributed by atoms with Crippen LogP contribution >= 0.6 is 0 Å². The highest BCUT2D eigenvalue weighted by molar-refractivity contribution is 5.87. The quantitative estimate of drug-likeness (QED) is 0.687. The van der Waals surface area contributed by atoms with Crippen LogP contribution in [0.5, 0.6) is 0 Å². The van der Waals surface area contributed by atoms with E-state index in [0.717, 1.165) is 22.0 Å². The van der Waals surface area contributed by atoms with Crippen LogP contribution in [0, 0.1) is 0 Å². The van der Waals surface area contributed by atoms with E-state index < -0.39 is 5.97 Å².